The lowest BCUT2D eigenvalue weighted by atomic mass is 9.95. The lowest BCUT2D eigenvalue weighted by Gasteiger charge is -2.19. The summed E-state index contributed by atoms with van der Waals surface area (Å²) in [4.78, 5) is 7.57. The molecule has 0 radical (unpaired) electrons. The van der Waals surface area contributed by atoms with Gasteiger partial charge < -0.3 is 4.98 Å². The Bertz CT molecular complexity index is 688. The third-order valence-electron chi connectivity index (χ3n) is 3.15. The van der Waals surface area contributed by atoms with Crippen molar-refractivity contribution in [2.75, 3.05) is 0 Å². The minimum absolute atomic E-state index is 0.168. The zero-order valence-corrected chi connectivity index (χ0v) is 13.3. The quantitative estimate of drug-likeness (QED) is 0.760. The molecule has 1 N–H and O–H groups in total. The van der Waals surface area contributed by atoms with Crippen LogP contribution in [0.25, 0.3) is 11.3 Å². The van der Waals surface area contributed by atoms with Crippen LogP contribution in [0.4, 0.5) is 4.39 Å². The molecule has 0 saturated heterocycles. The highest BCUT2D eigenvalue weighted by Gasteiger charge is 2.18. The van der Waals surface area contributed by atoms with Gasteiger partial charge in [0.1, 0.15) is 16.3 Å². The number of hydrogen-bond donors (Lipinski definition) is 1. The van der Waals surface area contributed by atoms with Crippen molar-refractivity contribution < 1.29 is 4.39 Å². The van der Waals surface area contributed by atoms with E-state index in [0.29, 0.717) is 15.9 Å². The van der Waals surface area contributed by atoms with Crippen molar-refractivity contribution in [2.45, 2.75) is 40.0 Å². The normalized spacial score (nSPS) is 11.7. The summed E-state index contributed by atoms with van der Waals surface area (Å²) in [6.45, 7) is 9.92. The van der Waals surface area contributed by atoms with Crippen molar-refractivity contribution in [3.05, 3.63) is 45.6 Å². The van der Waals surface area contributed by atoms with Crippen LogP contribution in [0.3, 0.4) is 0 Å². The van der Waals surface area contributed by atoms with Crippen LogP contribution < -0.4 is 0 Å². The summed E-state index contributed by atoms with van der Waals surface area (Å²) in [5, 5.41) is 0. The fourth-order valence-corrected chi connectivity index (χ4v) is 2.41. The van der Waals surface area contributed by atoms with E-state index >= 15 is 0 Å². The van der Waals surface area contributed by atoms with Crippen LogP contribution >= 0.6 is 12.2 Å². The molecule has 1 heterocycles. The summed E-state index contributed by atoms with van der Waals surface area (Å²) in [5.74, 6) is 0.526. The maximum Gasteiger partial charge on any atom is 0.133 e. The first-order valence-corrected chi connectivity index (χ1v) is 6.98. The molecular formula is C16H19FN2S. The molecule has 2 rings (SSSR count). The number of nitrogens with zero attached hydrogens (tertiary/aromatic N) is 1. The van der Waals surface area contributed by atoms with Crippen LogP contribution in [-0.4, -0.2) is 9.97 Å². The molecule has 4 heteroatoms. The first-order valence-electron chi connectivity index (χ1n) is 6.57. The number of benzene rings is 1. The van der Waals surface area contributed by atoms with E-state index in [-0.39, 0.29) is 11.2 Å². The SMILES string of the molecule is Cc1cc(C)c(-c2cc(=S)nc(C(C)(C)C)[nH]2)c(F)c1. The predicted octanol–water partition coefficient (Wildman–Crippen LogP) is 4.86. The molecule has 0 saturated carbocycles. The van der Waals surface area contributed by atoms with Crippen LogP contribution in [0.2, 0.25) is 0 Å². The molecule has 20 heavy (non-hydrogen) atoms. The summed E-state index contributed by atoms with van der Waals surface area (Å²) >= 11 is 5.21. The Labute approximate surface area is 124 Å². The second kappa shape index (κ2) is 5.09. The fourth-order valence-electron chi connectivity index (χ4n) is 2.20. The van der Waals surface area contributed by atoms with Crippen molar-refractivity contribution in [1.82, 2.24) is 9.97 Å². The Hall–Kier alpha value is -1.55. The predicted molar refractivity (Wildman–Crippen MR) is 83.0 cm³/mol. The second-order valence-electron chi connectivity index (χ2n) is 6.17. The van der Waals surface area contributed by atoms with Crippen molar-refractivity contribution in [3.63, 3.8) is 0 Å². The number of aromatic nitrogens is 2. The molecule has 0 aliphatic rings. The van der Waals surface area contributed by atoms with Crippen molar-refractivity contribution in [2.24, 2.45) is 0 Å². The largest absolute Gasteiger partial charge is 0.343 e. The molecule has 106 valence electrons. The molecule has 1 aromatic heterocycles. The molecule has 1 aromatic carbocycles. The van der Waals surface area contributed by atoms with Gasteiger partial charge in [-0.3, -0.25) is 0 Å². The number of aromatic amines is 1. The first kappa shape index (κ1) is 14.9. The van der Waals surface area contributed by atoms with Gasteiger partial charge in [-0.2, -0.15) is 0 Å². The van der Waals surface area contributed by atoms with Crippen LogP contribution in [0.15, 0.2) is 18.2 Å². The van der Waals surface area contributed by atoms with E-state index in [2.05, 4.69) is 9.97 Å². The van der Waals surface area contributed by atoms with Gasteiger partial charge >= 0.3 is 0 Å². The van der Waals surface area contributed by atoms with Gasteiger partial charge in [0.05, 0.1) is 5.69 Å². The van der Waals surface area contributed by atoms with Gasteiger partial charge in [0.2, 0.25) is 0 Å². The number of halogens is 1. The van der Waals surface area contributed by atoms with E-state index in [0.717, 1.165) is 17.0 Å². The third-order valence-corrected chi connectivity index (χ3v) is 3.36. The van der Waals surface area contributed by atoms with Gasteiger partial charge in [-0.05, 0) is 37.1 Å². The van der Waals surface area contributed by atoms with Crippen LogP contribution in [0.1, 0.15) is 37.7 Å². The Morgan fingerprint density at radius 1 is 1.15 bits per heavy atom. The number of hydrogen-bond acceptors (Lipinski definition) is 2. The topological polar surface area (TPSA) is 28.7 Å². The van der Waals surface area contributed by atoms with E-state index in [4.69, 9.17) is 12.2 Å². The minimum Gasteiger partial charge on any atom is -0.343 e. The average Bonchev–Trinajstić information content (AvgIpc) is 2.25. The minimum atomic E-state index is -0.237. The molecule has 0 fully saturated rings. The smallest absolute Gasteiger partial charge is 0.133 e. The molecule has 0 amide bonds. The van der Waals surface area contributed by atoms with Gasteiger partial charge in [-0.25, -0.2) is 9.37 Å². The zero-order chi connectivity index (χ0) is 15.1. The molecular weight excluding hydrogens is 271 g/mol. The lowest BCUT2D eigenvalue weighted by Crippen LogP contribution is -2.16. The molecule has 0 spiro atoms. The van der Waals surface area contributed by atoms with Crippen molar-refractivity contribution >= 4 is 12.2 Å². The maximum absolute atomic E-state index is 14.3. The van der Waals surface area contributed by atoms with E-state index in [1.54, 1.807) is 6.07 Å². The molecule has 2 aromatic rings. The average molecular weight is 290 g/mol. The monoisotopic (exact) mass is 290 g/mol. The van der Waals surface area contributed by atoms with E-state index in [1.165, 1.54) is 6.07 Å². The summed E-state index contributed by atoms with van der Waals surface area (Å²) in [5.41, 5.74) is 2.88. The first-order chi connectivity index (χ1) is 9.18. The lowest BCUT2D eigenvalue weighted by molar-refractivity contribution is 0.544. The highest BCUT2D eigenvalue weighted by molar-refractivity contribution is 7.71. The summed E-state index contributed by atoms with van der Waals surface area (Å²) < 4.78 is 14.8. The molecule has 0 unspecified atom stereocenters. The number of nitrogens with one attached hydrogen (secondary N) is 1. The number of aryl methyl sites for hydroxylation is 2. The molecule has 0 atom stereocenters. The number of H-pyrrole nitrogens is 1. The van der Waals surface area contributed by atoms with E-state index < -0.39 is 0 Å². The molecule has 0 aliphatic heterocycles. The standard InChI is InChI=1S/C16H19FN2S/c1-9-6-10(2)14(11(17)7-9)12-8-13(20)19-15(18-12)16(3,4)5/h6-8H,1-5H3,(H,18,19,20). The fraction of sp³-hybridized carbons (Fsp3) is 0.375. The molecule has 0 bridgehead atoms. The van der Waals surface area contributed by atoms with Crippen LogP contribution in [-0.2, 0) is 5.41 Å². The van der Waals surface area contributed by atoms with Crippen molar-refractivity contribution in [1.29, 1.82) is 0 Å². The molecule has 2 nitrogen and oxygen atoms in total. The second-order valence-corrected chi connectivity index (χ2v) is 6.59. The van der Waals surface area contributed by atoms with Gasteiger partial charge in [0.25, 0.3) is 0 Å². The Morgan fingerprint density at radius 2 is 1.80 bits per heavy atom. The summed E-state index contributed by atoms with van der Waals surface area (Å²) in [6, 6.07) is 5.22. The Kier molecular flexibility index (Phi) is 3.78. The molecule has 0 aliphatic carbocycles. The van der Waals surface area contributed by atoms with Crippen molar-refractivity contribution in [3.8, 4) is 11.3 Å². The maximum atomic E-state index is 14.3. The van der Waals surface area contributed by atoms with E-state index in [9.17, 15) is 4.39 Å². The third kappa shape index (κ3) is 2.96. The van der Waals surface area contributed by atoms with Gasteiger partial charge in [-0.15, -0.1) is 0 Å². The summed E-state index contributed by atoms with van der Waals surface area (Å²) in [6.07, 6.45) is 0. The highest BCUT2D eigenvalue weighted by atomic mass is 32.1. The van der Waals surface area contributed by atoms with Crippen LogP contribution in [0, 0.1) is 24.3 Å². The Balaban J connectivity index is 2.71. The van der Waals surface area contributed by atoms with Crippen LogP contribution in [0.5, 0.6) is 0 Å². The Morgan fingerprint density at radius 3 is 2.35 bits per heavy atom. The highest BCUT2D eigenvalue weighted by Crippen LogP contribution is 2.28. The number of rotatable bonds is 1. The zero-order valence-electron chi connectivity index (χ0n) is 12.5. The summed E-state index contributed by atoms with van der Waals surface area (Å²) in [7, 11) is 0. The van der Waals surface area contributed by atoms with E-state index in [1.807, 2.05) is 40.7 Å². The van der Waals surface area contributed by atoms with Gasteiger partial charge in [-0.1, -0.05) is 39.1 Å². The van der Waals surface area contributed by atoms with Gasteiger partial charge in [0, 0.05) is 11.0 Å². The van der Waals surface area contributed by atoms with Gasteiger partial charge in [0.15, 0.2) is 0 Å².